The van der Waals surface area contributed by atoms with Crippen LogP contribution >= 0.6 is 0 Å². The van der Waals surface area contributed by atoms with Crippen LogP contribution in [0.15, 0.2) is 0 Å². The molecule has 0 aromatic carbocycles. The first-order valence-electron chi connectivity index (χ1n) is 10.2. The summed E-state index contributed by atoms with van der Waals surface area (Å²) in [5.41, 5.74) is -7.95. The van der Waals surface area contributed by atoms with Gasteiger partial charge in [0.2, 0.25) is 11.9 Å². The highest BCUT2D eigenvalue weighted by atomic mass is 16.8. The van der Waals surface area contributed by atoms with Crippen LogP contribution < -0.4 is 0 Å². The summed E-state index contributed by atoms with van der Waals surface area (Å²) in [7, 11) is 0. The summed E-state index contributed by atoms with van der Waals surface area (Å²) in [5, 5.41) is 34.4. The monoisotopic (exact) mass is 424 g/mol. The standard InChI is InChI=1S/C20H24O10/c1-6-12(23)27-7-5-17-11-8(21)9(16(2,3)4)18(17)10(22)13(24)29-15(18)30-20(17,14(25)28-11)19(6,7)26/h6-11,15,21-22,26H,5H2,1-4H3/t6-,7+,8-,9+,10+,11-,15+,17-,18+,19-,20+/m1/s1. The molecule has 6 fully saturated rings. The predicted molar refractivity (Wildman–Crippen MR) is 92.0 cm³/mol. The van der Waals surface area contributed by atoms with E-state index in [0.29, 0.717) is 0 Å². The maximum absolute atomic E-state index is 13.4. The highest BCUT2D eigenvalue weighted by Crippen LogP contribution is 2.84. The molecule has 4 saturated heterocycles. The molecule has 0 aromatic rings. The molecule has 30 heavy (non-hydrogen) atoms. The third kappa shape index (κ3) is 1.35. The average Bonchev–Trinajstić information content (AvgIpc) is 3.32. The van der Waals surface area contributed by atoms with Crippen LogP contribution in [0.4, 0.5) is 0 Å². The third-order valence-electron chi connectivity index (χ3n) is 8.91. The van der Waals surface area contributed by atoms with Gasteiger partial charge in [0.05, 0.1) is 22.9 Å². The van der Waals surface area contributed by atoms with Crippen LogP contribution in [0.3, 0.4) is 0 Å². The van der Waals surface area contributed by atoms with Crippen LogP contribution in [0.25, 0.3) is 0 Å². The minimum absolute atomic E-state index is 0.107. The molecule has 0 bridgehead atoms. The normalized spacial score (nSPS) is 60.1. The van der Waals surface area contributed by atoms with Gasteiger partial charge in [-0.2, -0.15) is 0 Å². The number of hydrogen-bond donors (Lipinski definition) is 3. The molecule has 11 atom stereocenters. The highest BCUT2D eigenvalue weighted by molar-refractivity contribution is 5.93. The van der Waals surface area contributed by atoms with E-state index in [-0.39, 0.29) is 6.42 Å². The van der Waals surface area contributed by atoms with E-state index in [4.69, 9.17) is 18.9 Å². The largest absolute Gasteiger partial charge is 0.459 e. The summed E-state index contributed by atoms with van der Waals surface area (Å²) < 4.78 is 22.6. The van der Waals surface area contributed by atoms with E-state index in [1.54, 1.807) is 0 Å². The molecule has 10 heteroatoms. The first kappa shape index (κ1) is 19.0. The van der Waals surface area contributed by atoms with E-state index < -0.39 is 87.9 Å². The Morgan fingerprint density at radius 1 is 1.03 bits per heavy atom. The van der Waals surface area contributed by atoms with Crippen molar-refractivity contribution in [2.45, 2.75) is 76.0 Å². The topological polar surface area (TPSA) is 149 Å². The van der Waals surface area contributed by atoms with Crippen molar-refractivity contribution in [3.8, 4) is 0 Å². The Morgan fingerprint density at radius 2 is 1.70 bits per heavy atom. The van der Waals surface area contributed by atoms with Crippen molar-refractivity contribution in [1.82, 2.24) is 0 Å². The Balaban J connectivity index is 1.71. The second kappa shape index (κ2) is 4.69. The first-order valence-corrected chi connectivity index (χ1v) is 10.2. The van der Waals surface area contributed by atoms with Crippen LogP contribution in [0.2, 0.25) is 0 Å². The van der Waals surface area contributed by atoms with Crippen LogP contribution in [-0.4, -0.2) is 75.1 Å². The van der Waals surface area contributed by atoms with Crippen molar-refractivity contribution >= 4 is 17.9 Å². The van der Waals surface area contributed by atoms with Gasteiger partial charge in [0.1, 0.15) is 12.2 Å². The summed E-state index contributed by atoms with van der Waals surface area (Å²) in [6.45, 7) is 6.97. The molecule has 0 aromatic heterocycles. The molecule has 2 spiro atoms. The van der Waals surface area contributed by atoms with Gasteiger partial charge in [-0.25, -0.2) is 9.59 Å². The van der Waals surface area contributed by atoms with Gasteiger partial charge in [-0.1, -0.05) is 20.8 Å². The third-order valence-corrected chi connectivity index (χ3v) is 8.91. The zero-order valence-corrected chi connectivity index (χ0v) is 16.9. The smallest absolute Gasteiger partial charge is 0.342 e. The second-order valence-corrected chi connectivity index (χ2v) is 10.7. The zero-order chi connectivity index (χ0) is 21.8. The van der Waals surface area contributed by atoms with Crippen LogP contribution in [0.5, 0.6) is 0 Å². The molecular formula is C20H24O10. The summed E-state index contributed by atoms with van der Waals surface area (Å²) in [4.78, 5) is 38.2. The molecule has 0 amide bonds. The molecule has 2 aliphatic carbocycles. The van der Waals surface area contributed by atoms with Gasteiger partial charge in [0, 0.05) is 12.3 Å². The van der Waals surface area contributed by atoms with Gasteiger partial charge in [-0.3, -0.25) is 4.79 Å². The maximum Gasteiger partial charge on any atom is 0.342 e. The second-order valence-electron chi connectivity index (χ2n) is 10.7. The molecule has 164 valence electrons. The van der Waals surface area contributed by atoms with Crippen molar-refractivity contribution in [2.75, 3.05) is 0 Å². The number of hydrogen-bond acceptors (Lipinski definition) is 10. The summed E-state index contributed by atoms with van der Waals surface area (Å²) >= 11 is 0. The number of fused-ring (bicyclic) bond motifs is 1. The number of ether oxygens (including phenoxy) is 4. The Bertz CT molecular complexity index is 925. The van der Waals surface area contributed by atoms with Gasteiger partial charge in [0.25, 0.3) is 0 Å². The number of aliphatic hydroxyl groups excluding tert-OH is 2. The first-order chi connectivity index (χ1) is 13.8. The lowest BCUT2D eigenvalue weighted by Gasteiger charge is -2.46. The van der Waals surface area contributed by atoms with Crippen LogP contribution in [0.1, 0.15) is 34.1 Å². The Labute approximate surface area is 171 Å². The van der Waals surface area contributed by atoms with Crippen molar-refractivity contribution in [1.29, 1.82) is 0 Å². The lowest BCUT2D eigenvalue weighted by molar-refractivity contribution is -0.239. The fraction of sp³-hybridized carbons (Fsp3) is 0.850. The SMILES string of the molecule is C[C@@H]1C(=O)O[C@H]2C[C@]34[C@@H]5OC(=O)[C@@]3(O[C@@H]3OC(=O)[C@H](O)[C@@]34[C@H](C(C)(C)C)[C@H]5O)[C@]21O. The zero-order valence-electron chi connectivity index (χ0n) is 16.9. The highest BCUT2D eigenvalue weighted by Gasteiger charge is 3.02. The van der Waals surface area contributed by atoms with E-state index >= 15 is 0 Å². The van der Waals surface area contributed by atoms with E-state index in [1.165, 1.54) is 6.92 Å². The number of carbonyl (C=O) groups excluding carboxylic acids is 3. The Kier molecular flexibility index (Phi) is 2.97. The van der Waals surface area contributed by atoms with E-state index in [1.807, 2.05) is 20.8 Å². The number of carbonyl (C=O) groups is 3. The number of esters is 3. The van der Waals surface area contributed by atoms with Gasteiger partial charge in [-0.15, -0.1) is 0 Å². The fourth-order valence-electron chi connectivity index (χ4n) is 8.22. The fourth-order valence-corrected chi connectivity index (χ4v) is 8.22. The summed E-state index contributed by atoms with van der Waals surface area (Å²) in [6, 6.07) is 0. The molecule has 10 nitrogen and oxygen atoms in total. The van der Waals surface area contributed by atoms with Crippen molar-refractivity contribution in [3.63, 3.8) is 0 Å². The lowest BCUT2D eigenvalue weighted by Crippen LogP contribution is -2.66. The van der Waals surface area contributed by atoms with Crippen LogP contribution in [-0.2, 0) is 33.3 Å². The van der Waals surface area contributed by atoms with E-state index in [2.05, 4.69) is 0 Å². The molecule has 0 unspecified atom stereocenters. The summed E-state index contributed by atoms with van der Waals surface area (Å²) in [6.07, 6.45) is -6.73. The van der Waals surface area contributed by atoms with Gasteiger partial charge < -0.3 is 34.3 Å². The molecule has 0 radical (unpaired) electrons. The predicted octanol–water partition coefficient (Wildman–Crippen LogP) is -1.37. The number of rotatable bonds is 0. The molecule has 4 heterocycles. The molecule has 6 rings (SSSR count). The molecule has 2 saturated carbocycles. The van der Waals surface area contributed by atoms with E-state index in [0.717, 1.165) is 0 Å². The van der Waals surface area contributed by atoms with Crippen molar-refractivity contribution < 1.29 is 48.7 Å². The van der Waals surface area contributed by atoms with Crippen LogP contribution in [0, 0.1) is 28.1 Å². The summed E-state index contributed by atoms with van der Waals surface area (Å²) in [5.74, 6) is -4.43. The average molecular weight is 424 g/mol. The maximum atomic E-state index is 13.4. The molecule has 3 N–H and O–H groups in total. The van der Waals surface area contributed by atoms with Gasteiger partial charge in [-0.05, 0) is 12.3 Å². The van der Waals surface area contributed by atoms with E-state index in [9.17, 15) is 29.7 Å². The van der Waals surface area contributed by atoms with Gasteiger partial charge >= 0.3 is 17.9 Å². The molecule has 4 aliphatic heterocycles. The molecule has 6 aliphatic rings. The molecular weight excluding hydrogens is 400 g/mol. The Morgan fingerprint density at radius 3 is 2.33 bits per heavy atom. The van der Waals surface area contributed by atoms with Gasteiger partial charge in [0.15, 0.2) is 11.7 Å². The lowest BCUT2D eigenvalue weighted by atomic mass is 9.51. The van der Waals surface area contributed by atoms with Crippen molar-refractivity contribution in [3.05, 3.63) is 0 Å². The quantitative estimate of drug-likeness (QED) is 0.314. The Hall–Kier alpha value is -1.75. The number of aliphatic hydroxyl groups is 3. The minimum atomic E-state index is -2.12. The van der Waals surface area contributed by atoms with Crippen molar-refractivity contribution in [2.24, 2.45) is 28.1 Å². The minimum Gasteiger partial charge on any atom is -0.459 e.